The third-order valence-electron chi connectivity index (χ3n) is 3.45. The van der Waals surface area contributed by atoms with Crippen LogP contribution in [-0.2, 0) is 11.3 Å². The summed E-state index contributed by atoms with van der Waals surface area (Å²) in [6, 6.07) is 0. The second-order valence-corrected chi connectivity index (χ2v) is 6.34. The third-order valence-corrected chi connectivity index (χ3v) is 4.65. The fourth-order valence-corrected chi connectivity index (χ4v) is 3.27. The van der Waals surface area contributed by atoms with E-state index in [9.17, 15) is 0 Å². The van der Waals surface area contributed by atoms with Gasteiger partial charge in [-0.3, -0.25) is 0 Å². The van der Waals surface area contributed by atoms with Crippen molar-refractivity contribution in [2.75, 3.05) is 39.3 Å². The number of thiazole rings is 1. The predicted molar refractivity (Wildman–Crippen MR) is 82.9 cm³/mol. The summed E-state index contributed by atoms with van der Waals surface area (Å²) >= 11 is 1.66. The SMILES string of the molecule is COc1nc(N(C)C)sc1CNCCOC1CCCC1. The first kappa shape index (κ1) is 15.5. The Kier molecular flexibility index (Phi) is 6.06. The molecule has 1 aliphatic carbocycles. The van der Waals surface area contributed by atoms with Gasteiger partial charge in [0.2, 0.25) is 5.88 Å². The number of nitrogens with one attached hydrogen (secondary N) is 1. The number of rotatable bonds is 8. The van der Waals surface area contributed by atoms with Crippen molar-refractivity contribution in [1.29, 1.82) is 0 Å². The van der Waals surface area contributed by atoms with E-state index in [0.29, 0.717) is 6.10 Å². The maximum Gasteiger partial charge on any atom is 0.230 e. The molecule has 2 rings (SSSR count). The molecule has 1 fully saturated rings. The van der Waals surface area contributed by atoms with Crippen LogP contribution in [-0.4, -0.2) is 45.4 Å². The van der Waals surface area contributed by atoms with E-state index < -0.39 is 0 Å². The summed E-state index contributed by atoms with van der Waals surface area (Å²) in [4.78, 5) is 7.58. The van der Waals surface area contributed by atoms with Crippen molar-refractivity contribution in [2.45, 2.75) is 38.3 Å². The van der Waals surface area contributed by atoms with Crippen LogP contribution in [0.4, 0.5) is 5.13 Å². The molecule has 0 bridgehead atoms. The van der Waals surface area contributed by atoms with Gasteiger partial charge in [-0.2, -0.15) is 4.98 Å². The summed E-state index contributed by atoms with van der Waals surface area (Å²) in [6.45, 7) is 2.43. The maximum absolute atomic E-state index is 5.83. The Labute approximate surface area is 125 Å². The molecule has 20 heavy (non-hydrogen) atoms. The zero-order chi connectivity index (χ0) is 14.4. The van der Waals surface area contributed by atoms with Crippen LogP contribution in [0.25, 0.3) is 0 Å². The number of ether oxygens (including phenoxy) is 2. The minimum absolute atomic E-state index is 0.495. The Morgan fingerprint density at radius 1 is 1.35 bits per heavy atom. The molecule has 1 N–H and O–H groups in total. The van der Waals surface area contributed by atoms with Gasteiger partial charge in [-0.1, -0.05) is 24.2 Å². The molecule has 0 unspecified atom stereocenters. The molecule has 1 saturated carbocycles. The molecule has 0 amide bonds. The fourth-order valence-electron chi connectivity index (χ4n) is 2.34. The molecule has 0 saturated heterocycles. The lowest BCUT2D eigenvalue weighted by atomic mass is 10.3. The van der Waals surface area contributed by atoms with Gasteiger partial charge in [0.1, 0.15) is 0 Å². The highest BCUT2D eigenvalue weighted by atomic mass is 32.1. The van der Waals surface area contributed by atoms with E-state index in [-0.39, 0.29) is 0 Å². The Hall–Kier alpha value is -0.850. The van der Waals surface area contributed by atoms with Crippen LogP contribution < -0.4 is 15.0 Å². The monoisotopic (exact) mass is 299 g/mol. The summed E-state index contributed by atoms with van der Waals surface area (Å²) in [5, 5.41) is 4.37. The van der Waals surface area contributed by atoms with Gasteiger partial charge in [-0.25, -0.2) is 0 Å². The highest BCUT2D eigenvalue weighted by molar-refractivity contribution is 7.15. The summed E-state index contributed by atoms with van der Waals surface area (Å²) in [7, 11) is 5.65. The van der Waals surface area contributed by atoms with Crippen LogP contribution in [0.2, 0.25) is 0 Å². The Bertz CT molecular complexity index is 403. The molecular weight excluding hydrogens is 274 g/mol. The van der Waals surface area contributed by atoms with E-state index in [1.54, 1.807) is 18.4 Å². The number of nitrogens with zero attached hydrogens (tertiary/aromatic N) is 2. The van der Waals surface area contributed by atoms with Gasteiger partial charge < -0.3 is 19.7 Å². The van der Waals surface area contributed by atoms with Gasteiger partial charge in [0.15, 0.2) is 5.13 Å². The molecule has 114 valence electrons. The standard InChI is InChI=1S/C14H25N3O2S/c1-17(2)14-16-13(18-3)12(20-14)10-15-8-9-19-11-6-4-5-7-11/h11,15H,4-10H2,1-3H3. The largest absolute Gasteiger partial charge is 0.480 e. The number of aromatic nitrogens is 1. The maximum atomic E-state index is 5.83. The summed E-state index contributed by atoms with van der Waals surface area (Å²) < 4.78 is 11.1. The summed E-state index contributed by atoms with van der Waals surface area (Å²) in [5.41, 5.74) is 0. The highest BCUT2D eigenvalue weighted by Crippen LogP contribution is 2.30. The van der Waals surface area contributed by atoms with E-state index in [4.69, 9.17) is 9.47 Å². The van der Waals surface area contributed by atoms with Crippen molar-refractivity contribution < 1.29 is 9.47 Å². The fraction of sp³-hybridized carbons (Fsp3) is 0.786. The first-order valence-electron chi connectivity index (χ1n) is 7.24. The topological polar surface area (TPSA) is 46.6 Å². The van der Waals surface area contributed by atoms with Gasteiger partial charge >= 0.3 is 0 Å². The van der Waals surface area contributed by atoms with Crippen LogP contribution in [0, 0.1) is 0 Å². The lowest BCUT2D eigenvalue weighted by Crippen LogP contribution is -2.21. The first-order valence-corrected chi connectivity index (χ1v) is 8.05. The van der Waals surface area contributed by atoms with Gasteiger partial charge in [0.05, 0.1) is 24.7 Å². The third kappa shape index (κ3) is 4.33. The minimum atomic E-state index is 0.495. The van der Waals surface area contributed by atoms with Gasteiger partial charge in [-0.05, 0) is 12.8 Å². The second-order valence-electron chi connectivity index (χ2n) is 5.28. The smallest absolute Gasteiger partial charge is 0.230 e. The first-order chi connectivity index (χ1) is 9.70. The lowest BCUT2D eigenvalue weighted by molar-refractivity contribution is 0.0603. The van der Waals surface area contributed by atoms with Crippen molar-refractivity contribution >= 4 is 16.5 Å². The number of methoxy groups -OCH3 is 1. The quantitative estimate of drug-likeness (QED) is 0.746. The van der Waals surface area contributed by atoms with Crippen molar-refractivity contribution in [1.82, 2.24) is 10.3 Å². The highest BCUT2D eigenvalue weighted by Gasteiger charge is 2.15. The Balaban J connectivity index is 1.70. The van der Waals surface area contributed by atoms with Gasteiger partial charge in [0, 0.05) is 27.2 Å². The molecule has 1 aliphatic rings. The van der Waals surface area contributed by atoms with E-state index in [2.05, 4.69) is 10.3 Å². The molecule has 0 radical (unpaired) electrons. The zero-order valence-electron chi connectivity index (χ0n) is 12.6. The number of hydrogen-bond donors (Lipinski definition) is 1. The molecule has 1 aromatic heterocycles. The van der Waals surface area contributed by atoms with Crippen LogP contribution in [0.5, 0.6) is 5.88 Å². The van der Waals surface area contributed by atoms with Gasteiger partial charge in [-0.15, -0.1) is 0 Å². The molecule has 0 atom stereocenters. The van der Waals surface area contributed by atoms with Crippen molar-refractivity contribution in [2.24, 2.45) is 0 Å². The lowest BCUT2D eigenvalue weighted by Gasteiger charge is -2.11. The molecule has 1 aromatic rings. The van der Waals surface area contributed by atoms with Crippen molar-refractivity contribution in [3.05, 3.63) is 4.88 Å². The summed E-state index contributed by atoms with van der Waals surface area (Å²) in [6.07, 6.45) is 5.60. The second kappa shape index (κ2) is 7.81. The molecular formula is C14H25N3O2S. The van der Waals surface area contributed by atoms with E-state index in [1.165, 1.54) is 25.7 Å². The summed E-state index contributed by atoms with van der Waals surface area (Å²) in [5.74, 6) is 0.725. The molecule has 5 nitrogen and oxygen atoms in total. The molecule has 0 aliphatic heterocycles. The molecule has 0 aromatic carbocycles. The van der Waals surface area contributed by atoms with Crippen LogP contribution in [0.1, 0.15) is 30.6 Å². The van der Waals surface area contributed by atoms with Crippen LogP contribution in [0.15, 0.2) is 0 Å². The zero-order valence-corrected chi connectivity index (χ0v) is 13.5. The molecule has 1 heterocycles. The molecule has 0 spiro atoms. The molecule has 6 heteroatoms. The average Bonchev–Trinajstić information content (AvgIpc) is 3.07. The van der Waals surface area contributed by atoms with Crippen LogP contribution >= 0.6 is 11.3 Å². The van der Waals surface area contributed by atoms with E-state index in [0.717, 1.165) is 35.6 Å². The Morgan fingerprint density at radius 2 is 2.10 bits per heavy atom. The number of hydrogen-bond acceptors (Lipinski definition) is 6. The Morgan fingerprint density at radius 3 is 2.75 bits per heavy atom. The predicted octanol–water partition coefficient (Wildman–Crippen LogP) is 2.27. The van der Waals surface area contributed by atoms with Crippen molar-refractivity contribution in [3.63, 3.8) is 0 Å². The average molecular weight is 299 g/mol. The van der Waals surface area contributed by atoms with Crippen LogP contribution in [0.3, 0.4) is 0 Å². The van der Waals surface area contributed by atoms with Gasteiger partial charge in [0.25, 0.3) is 0 Å². The van der Waals surface area contributed by atoms with E-state index >= 15 is 0 Å². The number of anilines is 1. The van der Waals surface area contributed by atoms with Crippen molar-refractivity contribution in [3.8, 4) is 5.88 Å². The normalized spacial score (nSPS) is 15.8. The van der Waals surface area contributed by atoms with E-state index in [1.807, 2.05) is 19.0 Å². The minimum Gasteiger partial charge on any atom is -0.480 e.